The van der Waals surface area contributed by atoms with Crippen LogP contribution in [0.5, 0.6) is 0 Å². The second kappa shape index (κ2) is 4.38. The quantitative estimate of drug-likeness (QED) is 0.843. The molecule has 2 nitrogen and oxygen atoms in total. The molecule has 102 valence electrons. The van der Waals surface area contributed by atoms with Gasteiger partial charge >= 0.3 is 0 Å². The van der Waals surface area contributed by atoms with Crippen LogP contribution < -0.4 is 5.73 Å². The van der Waals surface area contributed by atoms with E-state index in [4.69, 9.17) is 18.0 Å². The number of thiophene rings is 1. The minimum Gasteiger partial charge on any atom is -0.389 e. The second-order valence-electron chi connectivity index (χ2n) is 6.58. The Morgan fingerprint density at radius 3 is 2.58 bits per heavy atom. The van der Waals surface area contributed by atoms with E-state index < -0.39 is 0 Å². The third kappa shape index (κ3) is 2.15. The molecule has 3 rings (SSSR count). The molecule has 0 aromatic carbocycles. The highest BCUT2D eigenvalue weighted by Gasteiger charge is 2.38. The molecule has 2 aliphatic rings. The Morgan fingerprint density at radius 1 is 1.37 bits per heavy atom. The molecule has 0 amide bonds. The largest absolute Gasteiger partial charge is 0.389 e. The number of hydrogen-bond donors (Lipinski definition) is 1. The molecule has 0 unspecified atom stereocenters. The van der Waals surface area contributed by atoms with Gasteiger partial charge in [-0.05, 0) is 36.2 Å². The van der Waals surface area contributed by atoms with Crippen molar-refractivity contribution in [2.75, 3.05) is 0 Å². The fraction of sp³-hybridized carbons (Fsp3) is 0.600. The molecule has 0 spiro atoms. The smallest absolute Gasteiger partial charge is 0.164 e. The Kier molecular flexibility index (Phi) is 3.06. The maximum atomic E-state index is 12.5. The van der Waals surface area contributed by atoms with Gasteiger partial charge in [-0.2, -0.15) is 0 Å². The van der Waals surface area contributed by atoms with Crippen molar-refractivity contribution in [3.8, 4) is 0 Å². The lowest BCUT2D eigenvalue weighted by atomic mass is 9.72. The lowest BCUT2D eigenvalue weighted by Crippen LogP contribution is -2.28. The fourth-order valence-corrected chi connectivity index (χ4v) is 4.79. The van der Waals surface area contributed by atoms with Crippen molar-refractivity contribution in [3.05, 3.63) is 20.9 Å². The van der Waals surface area contributed by atoms with Crippen molar-refractivity contribution < 1.29 is 4.79 Å². The molecule has 2 aliphatic carbocycles. The summed E-state index contributed by atoms with van der Waals surface area (Å²) in [5.74, 6) is 0.874. The molecule has 0 saturated heterocycles. The summed E-state index contributed by atoms with van der Waals surface area (Å²) in [5, 5.41) is 0. The highest BCUT2D eigenvalue weighted by Crippen LogP contribution is 2.48. The van der Waals surface area contributed by atoms with Gasteiger partial charge in [-0.25, -0.2) is 0 Å². The normalized spacial score (nSPS) is 21.9. The Morgan fingerprint density at radius 2 is 2.05 bits per heavy atom. The lowest BCUT2D eigenvalue weighted by Gasteiger charge is -2.31. The van der Waals surface area contributed by atoms with E-state index in [2.05, 4.69) is 13.8 Å². The molecule has 19 heavy (non-hydrogen) atoms. The van der Waals surface area contributed by atoms with E-state index in [1.165, 1.54) is 24.1 Å². The number of thiocarbonyl (C=S) groups is 1. The third-order valence-electron chi connectivity index (χ3n) is 4.31. The van der Waals surface area contributed by atoms with Crippen LogP contribution in [0.15, 0.2) is 0 Å². The third-order valence-corrected chi connectivity index (χ3v) is 6.07. The molecule has 0 atom stereocenters. The maximum Gasteiger partial charge on any atom is 0.164 e. The first-order valence-electron chi connectivity index (χ1n) is 6.87. The first-order chi connectivity index (χ1) is 8.89. The van der Waals surface area contributed by atoms with Crippen LogP contribution in [0.2, 0.25) is 0 Å². The van der Waals surface area contributed by atoms with Crippen LogP contribution in [0.3, 0.4) is 0 Å². The number of fused-ring (bicyclic) bond motifs is 1. The molecule has 1 fully saturated rings. The molecule has 4 heteroatoms. The molecule has 2 N–H and O–H groups in total. The first kappa shape index (κ1) is 13.3. The van der Waals surface area contributed by atoms with Gasteiger partial charge < -0.3 is 5.73 Å². The van der Waals surface area contributed by atoms with Crippen molar-refractivity contribution in [3.63, 3.8) is 0 Å². The summed E-state index contributed by atoms with van der Waals surface area (Å²) in [5.41, 5.74) is 8.03. The summed E-state index contributed by atoms with van der Waals surface area (Å²) in [6.07, 6.45) is 5.26. The maximum absolute atomic E-state index is 12.5. The van der Waals surface area contributed by atoms with Gasteiger partial charge in [-0.3, -0.25) is 4.79 Å². The standard InChI is InChI=1S/C15H19NOS2/c1-15(2)6-9-11(10(17)7-15)12(8-4-3-5-8)19-13(9)14(16)18/h8H,3-7H2,1-2H3,(H2,16,18). The zero-order chi connectivity index (χ0) is 13.8. The average Bonchev–Trinajstić information content (AvgIpc) is 2.52. The number of carbonyl (C=O) groups is 1. The number of hydrogen-bond acceptors (Lipinski definition) is 3. The van der Waals surface area contributed by atoms with Gasteiger partial charge in [0.15, 0.2) is 5.78 Å². The van der Waals surface area contributed by atoms with Crippen molar-refractivity contribution >= 4 is 34.3 Å². The van der Waals surface area contributed by atoms with Crippen LogP contribution in [-0.4, -0.2) is 10.8 Å². The van der Waals surface area contributed by atoms with Gasteiger partial charge in [0.25, 0.3) is 0 Å². The average molecular weight is 293 g/mol. The van der Waals surface area contributed by atoms with E-state index in [0.29, 0.717) is 23.1 Å². The zero-order valence-corrected chi connectivity index (χ0v) is 13.0. The monoisotopic (exact) mass is 293 g/mol. The molecule has 1 aromatic heterocycles. The first-order valence-corrected chi connectivity index (χ1v) is 8.10. The van der Waals surface area contributed by atoms with Crippen molar-refractivity contribution in [2.24, 2.45) is 11.1 Å². The van der Waals surface area contributed by atoms with Gasteiger partial charge in [-0.1, -0.05) is 32.5 Å². The summed E-state index contributed by atoms with van der Waals surface area (Å²) in [6.45, 7) is 4.30. The van der Waals surface area contributed by atoms with Crippen LogP contribution in [-0.2, 0) is 6.42 Å². The van der Waals surface area contributed by atoms with Crippen LogP contribution in [0.4, 0.5) is 0 Å². The molecular formula is C15H19NOS2. The minimum atomic E-state index is 0.0293. The lowest BCUT2D eigenvalue weighted by molar-refractivity contribution is 0.0911. The van der Waals surface area contributed by atoms with Crippen LogP contribution in [0.1, 0.15) is 71.1 Å². The number of ketones is 1. The Hall–Kier alpha value is -0.740. The summed E-state index contributed by atoms with van der Waals surface area (Å²) in [6, 6.07) is 0. The number of carbonyl (C=O) groups excluding carboxylic acids is 1. The predicted molar refractivity (Wildman–Crippen MR) is 83.2 cm³/mol. The van der Waals surface area contributed by atoms with E-state index in [-0.39, 0.29) is 5.41 Å². The zero-order valence-electron chi connectivity index (χ0n) is 11.4. The van der Waals surface area contributed by atoms with Crippen molar-refractivity contribution in [1.29, 1.82) is 0 Å². The molecule has 0 aliphatic heterocycles. The van der Waals surface area contributed by atoms with E-state index in [9.17, 15) is 4.79 Å². The topological polar surface area (TPSA) is 43.1 Å². The summed E-state index contributed by atoms with van der Waals surface area (Å²) >= 11 is 6.88. The molecule has 1 aromatic rings. The molecule has 0 radical (unpaired) electrons. The molecule has 1 saturated carbocycles. The van der Waals surface area contributed by atoms with Crippen LogP contribution in [0, 0.1) is 5.41 Å². The highest BCUT2D eigenvalue weighted by molar-refractivity contribution is 7.81. The van der Waals surface area contributed by atoms with Gasteiger partial charge in [0.1, 0.15) is 4.99 Å². The van der Waals surface area contributed by atoms with E-state index in [1.54, 1.807) is 11.3 Å². The summed E-state index contributed by atoms with van der Waals surface area (Å²) in [4.78, 5) is 15.2. The van der Waals surface area contributed by atoms with Crippen LogP contribution in [0.25, 0.3) is 0 Å². The fourth-order valence-electron chi connectivity index (χ4n) is 3.18. The van der Waals surface area contributed by atoms with E-state index in [1.807, 2.05) is 0 Å². The van der Waals surface area contributed by atoms with E-state index in [0.717, 1.165) is 22.4 Å². The number of nitrogens with two attached hydrogens (primary N) is 1. The van der Waals surface area contributed by atoms with Gasteiger partial charge in [0.05, 0.1) is 4.88 Å². The molecular weight excluding hydrogens is 274 g/mol. The summed E-state index contributed by atoms with van der Waals surface area (Å²) < 4.78 is 0. The van der Waals surface area contributed by atoms with Gasteiger partial charge in [0, 0.05) is 16.9 Å². The SMILES string of the molecule is CC1(C)CC(=O)c2c(C3CCC3)sc(C(N)=S)c2C1. The number of rotatable bonds is 2. The molecule has 1 heterocycles. The van der Waals surface area contributed by atoms with Crippen molar-refractivity contribution in [1.82, 2.24) is 0 Å². The van der Waals surface area contributed by atoms with Crippen LogP contribution >= 0.6 is 23.6 Å². The minimum absolute atomic E-state index is 0.0293. The number of Topliss-reactive ketones (excluding diaryl/α,β-unsaturated/α-hetero) is 1. The van der Waals surface area contributed by atoms with Crippen molar-refractivity contribution in [2.45, 2.75) is 51.9 Å². The van der Waals surface area contributed by atoms with Gasteiger partial charge in [-0.15, -0.1) is 11.3 Å². The van der Waals surface area contributed by atoms with Gasteiger partial charge in [0.2, 0.25) is 0 Å². The summed E-state index contributed by atoms with van der Waals surface area (Å²) in [7, 11) is 0. The second-order valence-corrected chi connectivity index (χ2v) is 8.07. The molecule has 0 bridgehead atoms. The Balaban J connectivity index is 2.15. The van der Waals surface area contributed by atoms with E-state index >= 15 is 0 Å². The highest BCUT2D eigenvalue weighted by atomic mass is 32.1. The Bertz CT molecular complexity index is 567. The predicted octanol–water partition coefficient (Wildman–Crippen LogP) is 3.80. The Labute approximate surface area is 123 Å².